The van der Waals surface area contributed by atoms with Gasteiger partial charge in [0.05, 0.1) is 0 Å². The SMILES string of the molecule is BrC1=CC=C(/C=C/c2cc3ccc(Br)cc3[nH]2)CC1. The predicted molar refractivity (Wildman–Crippen MR) is 89.4 cm³/mol. The molecule has 1 aromatic heterocycles. The van der Waals surface area contributed by atoms with Gasteiger partial charge in [0.1, 0.15) is 0 Å². The Morgan fingerprint density at radius 3 is 2.68 bits per heavy atom. The predicted octanol–water partition coefficient (Wildman–Crippen LogP) is 5.94. The van der Waals surface area contributed by atoms with Crippen LogP contribution in [-0.4, -0.2) is 4.98 Å². The van der Waals surface area contributed by atoms with Crippen molar-refractivity contribution in [1.82, 2.24) is 4.98 Å². The first-order valence-corrected chi connectivity index (χ1v) is 7.81. The second-order valence-electron chi connectivity index (χ2n) is 4.64. The fourth-order valence-electron chi connectivity index (χ4n) is 2.18. The van der Waals surface area contributed by atoms with Gasteiger partial charge in [-0.15, -0.1) is 0 Å². The van der Waals surface area contributed by atoms with Crippen molar-refractivity contribution in [2.45, 2.75) is 12.8 Å². The van der Waals surface area contributed by atoms with E-state index in [1.54, 1.807) is 0 Å². The van der Waals surface area contributed by atoms with E-state index in [0.717, 1.165) is 28.5 Å². The average Bonchev–Trinajstić information content (AvgIpc) is 2.80. The van der Waals surface area contributed by atoms with Crippen LogP contribution in [0.4, 0.5) is 0 Å². The van der Waals surface area contributed by atoms with E-state index in [4.69, 9.17) is 0 Å². The third-order valence-electron chi connectivity index (χ3n) is 3.21. The molecule has 0 saturated carbocycles. The lowest BCUT2D eigenvalue weighted by Gasteiger charge is -2.06. The Kier molecular flexibility index (Phi) is 3.76. The highest BCUT2D eigenvalue weighted by molar-refractivity contribution is 9.11. The first-order valence-electron chi connectivity index (χ1n) is 6.22. The maximum atomic E-state index is 3.52. The molecule has 0 fully saturated rings. The van der Waals surface area contributed by atoms with E-state index >= 15 is 0 Å². The van der Waals surface area contributed by atoms with Crippen LogP contribution in [0.1, 0.15) is 18.5 Å². The number of fused-ring (bicyclic) bond motifs is 1. The summed E-state index contributed by atoms with van der Waals surface area (Å²) >= 11 is 7.01. The van der Waals surface area contributed by atoms with Crippen LogP contribution in [0.2, 0.25) is 0 Å². The highest BCUT2D eigenvalue weighted by Crippen LogP contribution is 2.24. The molecule has 1 N–H and O–H groups in total. The normalized spacial score (nSPS) is 15.9. The van der Waals surface area contributed by atoms with Crippen LogP contribution in [0, 0.1) is 0 Å². The van der Waals surface area contributed by atoms with Gasteiger partial charge in [0.25, 0.3) is 0 Å². The fourth-order valence-corrected chi connectivity index (χ4v) is 2.87. The van der Waals surface area contributed by atoms with E-state index in [1.165, 1.54) is 15.4 Å². The molecule has 1 heterocycles. The van der Waals surface area contributed by atoms with E-state index in [1.807, 2.05) is 0 Å². The summed E-state index contributed by atoms with van der Waals surface area (Å²) in [6.45, 7) is 0. The topological polar surface area (TPSA) is 15.8 Å². The largest absolute Gasteiger partial charge is 0.355 e. The molecule has 1 nitrogen and oxygen atoms in total. The van der Waals surface area contributed by atoms with Crippen molar-refractivity contribution < 1.29 is 0 Å². The summed E-state index contributed by atoms with van der Waals surface area (Å²) < 4.78 is 2.38. The molecule has 2 aromatic rings. The zero-order valence-electron chi connectivity index (χ0n) is 10.3. The van der Waals surface area contributed by atoms with Gasteiger partial charge in [-0.25, -0.2) is 0 Å². The van der Waals surface area contributed by atoms with Crippen LogP contribution >= 0.6 is 31.9 Å². The first-order chi connectivity index (χ1) is 9.20. The quantitative estimate of drug-likeness (QED) is 0.665. The number of halogens is 2. The molecule has 1 aliphatic carbocycles. The summed E-state index contributed by atoms with van der Waals surface area (Å²) in [5, 5.41) is 1.24. The lowest BCUT2D eigenvalue weighted by molar-refractivity contribution is 0.982. The van der Waals surface area contributed by atoms with Gasteiger partial charge in [-0.3, -0.25) is 0 Å². The molecule has 0 unspecified atom stereocenters. The number of allylic oxidation sites excluding steroid dienone is 5. The molecule has 3 heteroatoms. The van der Waals surface area contributed by atoms with Crippen molar-refractivity contribution in [2.24, 2.45) is 0 Å². The zero-order chi connectivity index (χ0) is 13.2. The molecule has 0 spiro atoms. The van der Waals surface area contributed by atoms with Crippen LogP contribution in [0.5, 0.6) is 0 Å². The van der Waals surface area contributed by atoms with Gasteiger partial charge in [-0.05, 0) is 47.2 Å². The Labute approximate surface area is 129 Å². The Morgan fingerprint density at radius 2 is 1.89 bits per heavy atom. The smallest absolute Gasteiger partial charge is 0.0469 e. The van der Waals surface area contributed by atoms with Crippen molar-refractivity contribution in [3.63, 3.8) is 0 Å². The summed E-state index contributed by atoms with van der Waals surface area (Å²) in [6, 6.07) is 8.46. The van der Waals surface area contributed by atoms with Crippen LogP contribution in [0.15, 0.2) is 57.0 Å². The van der Waals surface area contributed by atoms with Crippen LogP contribution in [-0.2, 0) is 0 Å². The van der Waals surface area contributed by atoms with E-state index in [0.29, 0.717) is 0 Å². The molecule has 1 aliphatic rings. The van der Waals surface area contributed by atoms with Gasteiger partial charge in [0.15, 0.2) is 0 Å². The summed E-state index contributed by atoms with van der Waals surface area (Å²) in [5.41, 5.74) is 3.67. The van der Waals surface area contributed by atoms with E-state index < -0.39 is 0 Å². The molecule has 96 valence electrons. The monoisotopic (exact) mass is 377 g/mol. The molecule has 1 aromatic carbocycles. The number of benzene rings is 1. The molecule has 0 radical (unpaired) electrons. The van der Waals surface area contributed by atoms with Gasteiger partial charge in [0, 0.05) is 21.1 Å². The molecule has 19 heavy (non-hydrogen) atoms. The molecule has 0 aliphatic heterocycles. The summed E-state index contributed by atoms with van der Waals surface area (Å²) in [5.74, 6) is 0. The third-order valence-corrected chi connectivity index (χ3v) is 4.37. The molecule has 0 amide bonds. The molecule has 0 saturated heterocycles. The highest BCUT2D eigenvalue weighted by atomic mass is 79.9. The van der Waals surface area contributed by atoms with Gasteiger partial charge in [-0.2, -0.15) is 0 Å². The fraction of sp³-hybridized carbons (Fsp3) is 0.125. The number of aromatic nitrogens is 1. The van der Waals surface area contributed by atoms with E-state index in [9.17, 15) is 0 Å². The zero-order valence-corrected chi connectivity index (χ0v) is 13.5. The van der Waals surface area contributed by atoms with E-state index in [2.05, 4.69) is 85.4 Å². The lowest BCUT2D eigenvalue weighted by Crippen LogP contribution is -1.85. The highest BCUT2D eigenvalue weighted by Gasteiger charge is 2.02. The van der Waals surface area contributed by atoms with E-state index in [-0.39, 0.29) is 0 Å². The lowest BCUT2D eigenvalue weighted by atomic mass is 10.0. The van der Waals surface area contributed by atoms with Crippen LogP contribution in [0.25, 0.3) is 17.0 Å². The number of hydrogen-bond acceptors (Lipinski definition) is 0. The van der Waals surface area contributed by atoms with Crippen molar-refractivity contribution in [1.29, 1.82) is 0 Å². The third kappa shape index (κ3) is 3.10. The van der Waals surface area contributed by atoms with Crippen molar-refractivity contribution in [3.8, 4) is 0 Å². The first kappa shape index (κ1) is 12.9. The number of H-pyrrole nitrogens is 1. The maximum absolute atomic E-state index is 3.52. The number of nitrogens with one attached hydrogen (secondary N) is 1. The Balaban J connectivity index is 1.85. The van der Waals surface area contributed by atoms with Gasteiger partial charge in [0.2, 0.25) is 0 Å². The number of rotatable bonds is 2. The molecule has 0 bridgehead atoms. The summed E-state index contributed by atoms with van der Waals surface area (Å²) in [7, 11) is 0. The maximum Gasteiger partial charge on any atom is 0.0469 e. The molecule has 0 atom stereocenters. The average molecular weight is 379 g/mol. The number of aromatic amines is 1. The van der Waals surface area contributed by atoms with Crippen LogP contribution in [0.3, 0.4) is 0 Å². The minimum absolute atomic E-state index is 1.09. The second kappa shape index (κ2) is 5.51. The van der Waals surface area contributed by atoms with Crippen LogP contribution < -0.4 is 0 Å². The summed E-state index contributed by atoms with van der Waals surface area (Å²) in [4.78, 5) is 3.42. The Hall–Kier alpha value is -1.06. The minimum atomic E-state index is 1.09. The van der Waals surface area contributed by atoms with Gasteiger partial charge >= 0.3 is 0 Å². The van der Waals surface area contributed by atoms with Gasteiger partial charge in [-0.1, -0.05) is 56.2 Å². The van der Waals surface area contributed by atoms with Crippen molar-refractivity contribution >= 4 is 48.8 Å². The molecule has 3 rings (SSSR count). The molecular weight excluding hydrogens is 366 g/mol. The Morgan fingerprint density at radius 1 is 1.00 bits per heavy atom. The molecular formula is C16H13Br2N. The number of hydrogen-bond donors (Lipinski definition) is 1. The summed E-state index contributed by atoms with van der Waals surface area (Å²) in [6.07, 6.45) is 10.8. The van der Waals surface area contributed by atoms with Crippen molar-refractivity contribution in [2.75, 3.05) is 0 Å². The standard InChI is InChI=1S/C16H13Br2N/c17-13-5-1-11(2-6-13)3-8-15-9-12-4-7-14(18)10-16(12)19-15/h1,3-5,7-10,19H,2,6H2/b8-3+. The minimum Gasteiger partial charge on any atom is -0.355 e. The van der Waals surface area contributed by atoms with Gasteiger partial charge < -0.3 is 4.98 Å². The van der Waals surface area contributed by atoms with Crippen molar-refractivity contribution in [3.05, 3.63) is 62.7 Å². The second-order valence-corrected chi connectivity index (χ2v) is 6.58. The Bertz CT molecular complexity index is 705.